The van der Waals surface area contributed by atoms with Crippen LogP contribution in [0.15, 0.2) is 12.3 Å². The number of fused-ring (bicyclic) bond motifs is 1. The second kappa shape index (κ2) is 5.96. The van der Waals surface area contributed by atoms with Gasteiger partial charge >= 0.3 is 6.03 Å². The Morgan fingerprint density at radius 1 is 1.42 bits per heavy atom. The van der Waals surface area contributed by atoms with Gasteiger partial charge in [-0.3, -0.25) is 14.7 Å². The Balaban J connectivity index is 1.48. The van der Waals surface area contributed by atoms with Gasteiger partial charge in [-0.2, -0.15) is 10.2 Å². The number of nitrogens with one attached hydrogen (secondary N) is 1. The van der Waals surface area contributed by atoms with E-state index in [1.165, 1.54) is 24.2 Å². The van der Waals surface area contributed by atoms with Crippen molar-refractivity contribution < 1.29 is 4.79 Å². The molecule has 1 N–H and O–H groups in total. The predicted molar refractivity (Wildman–Crippen MR) is 90.8 cm³/mol. The van der Waals surface area contributed by atoms with Crippen LogP contribution in [0.4, 0.5) is 10.6 Å². The van der Waals surface area contributed by atoms with Crippen molar-refractivity contribution in [3.05, 3.63) is 29.2 Å². The molecule has 128 valence electrons. The molecular formula is C17H24N6O. The Morgan fingerprint density at radius 2 is 2.25 bits per heavy atom. The van der Waals surface area contributed by atoms with E-state index in [-0.39, 0.29) is 6.03 Å². The van der Waals surface area contributed by atoms with Gasteiger partial charge in [-0.25, -0.2) is 4.79 Å². The summed E-state index contributed by atoms with van der Waals surface area (Å²) in [6.07, 6.45) is 6.25. The van der Waals surface area contributed by atoms with Crippen LogP contribution in [0.25, 0.3) is 0 Å². The van der Waals surface area contributed by atoms with Gasteiger partial charge in [0.15, 0.2) is 5.82 Å². The number of aryl methyl sites for hydroxylation is 2. The van der Waals surface area contributed by atoms with Gasteiger partial charge in [0.05, 0.1) is 12.7 Å². The van der Waals surface area contributed by atoms with Crippen LogP contribution in [0.2, 0.25) is 0 Å². The molecular weight excluding hydrogens is 304 g/mol. The molecule has 24 heavy (non-hydrogen) atoms. The number of anilines is 1. The van der Waals surface area contributed by atoms with Crippen molar-refractivity contribution in [2.75, 3.05) is 11.9 Å². The topological polar surface area (TPSA) is 68.0 Å². The summed E-state index contributed by atoms with van der Waals surface area (Å²) in [5, 5.41) is 11.8. The molecule has 0 atom stereocenters. The number of carbonyl (C=O) groups is 1. The van der Waals surface area contributed by atoms with Crippen molar-refractivity contribution in [1.82, 2.24) is 24.5 Å². The minimum absolute atomic E-state index is 0.0743. The highest BCUT2D eigenvalue weighted by Crippen LogP contribution is 2.40. The third-order valence-electron chi connectivity index (χ3n) is 4.98. The Labute approximate surface area is 141 Å². The molecule has 0 unspecified atom stereocenters. The molecule has 0 bridgehead atoms. The summed E-state index contributed by atoms with van der Waals surface area (Å²) >= 11 is 0. The fraction of sp³-hybridized carbons (Fsp3) is 0.588. The lowest BCUT2D eigenvalue weighted by Crippen LogP contribution is -2.34. The molecule has 0 spiro atoms. The van der Waals surface area contributed by atoms with Crippen LogP contribution < -0.4 is 5.32 Å². The lowest BCUT2D eigenvalue weighted by Gasteiger charge is -2.20. The van der Waals surface area contributed by atoms with E-state index in [0.717, 1.165) is 31.5 Å². The first-order chi connectivity index (χ1) is 11.7. The molecule has 2 aromatic rings. The highest BCUT2D eigenvalue weighted by Gasteiger charge is 2.28. The molecule has 2 aliphatic rings. The lowest BCUT2D eigenvalue weighted by molar-refractivity contribution is 0.210. The molecule has 2 amide bonds. The normalized spacial score (nSPS) is 17.5. The van der Waals surface area contributed by atoms with E-state index in [1.54, 1.807) is 0 Å². The van der Waals surface area contributed by atoms with Gasteiger partial charge in [-0.15, -0.1) is 0 Å². The molecule has 1 aliphatic heterocycles. The smallest absolute Gasteiger partial charge is 0.320 e. The number of hydrogen-bond donors (Lipinski definition) is 1. The maximum Gasteiger partial charge on any atom is 0.323 e. The Hall–Kier alpha value is -2.31. The van der Waals surface area contributed by atoms with Crippen LogP contribution in [0.5, 0.6) is 0 Å². The minimum Gasteiger partial charge on any atom is -0.320 e. The van der Waals surface area contributed by atoms with E-state index >= 15 is 0 Å². The van der Waals surface area contributed by atoms with Crippen LogP contribution in [-0.4, -0.2) is 37.0 Å². The van der Waals surface area contributed by atoms with Gasteiger partial charge in [0, 0.05) is 49.1 Å². The third-order valence-corrected chi connectivity index (χ3v) is 4.98. The molecule has 1 aliphatic carbocycles. The largest absolute Gasteiger partial charge is 0.323 e. The summed E-state index contributed by atoms with van der Waals surface area (Å²) < 4.78 is 3.93. The summed E-state index contributed by atoms with van der Waals surface area (Å²) in [5.74, 6) is 1.29. The maximum atomic E-state index is 12.7. The van der Waals surface area contributed by atoms with Gasteiger partial charge < -0.3 is 4.90 Å². The average Bonchev–Trinajstić information content (AvgIpc) is 3.30. The van der Waals surface area contributed by atoms with Crippen molar-refractivity contribution in [3.8, 4) is 0 Å². The van der Waals surface area contributed by atoms with E-state index in [9.17, 15) is 4.79 Å². The van der Waals surface area contributed by atoms with Crippen molar-refractivity contribution in [2.24, 2.45) is 7.05 Å². The predicted octanol–water partition coefficient (Wildman–Crippen LogP) is 2.49. The van der Waals surface area contributed by atoms with E-state index in [2.05, 4.69) is 22.4 Å². The molecule has 4 rings (SSSR count). The average molecular weight is 328 g/mol. The van der Waals surface area contributed by atoms with Crippen LogP contribution in [0.1, 0.15) is 49.1 Å². The number of nitrogens with zero attached hydrogens (tertiary/aromatic N) is 5. The first-order valence-corrected chi connectivity index (χ1v) is 8.79. The van der Waals surface area contributed by atoms with Gasteiger partial charge in [0.25, 0.3) is 0 Å². The summed E-state index contributed by atoms with van der Waals surface area (Å²) in [4.78, 5) is 14.5. The van der Waals surface area contributed by atoms with Gasteiger partial charge in [0.2, 0.25) is 0 Å². The quantitative estimate of drug-likeness (QED) is 0.941. The highest BCUT2D eigenvalue weighted by atomic mass is 16.2. The van der Waals surface area contributed by atoms with E-state index in [1.807, 2.05) is 33.6 Å². The Kier molecular flexibility index (Phi) is 3.78. The van der Waals surface area contributed by atoms with Gasteiger partial charge in [0.1, 0.15) is 0 Å². The van der Waals surface area contributed by atoms with Crippen molar-refractivity contribution in [1.29, 1.82) is 0 Å². The van der Waals surface area contributed by atoms with Crippen molar-refractivity contribution in [2.45, 2.75) is 51.6 Å². The zero-order valence-corrected chi connectivity index (χ0v) is 14.3. The molecule has 7 nitrogen and oxygen atoms in total. The van der Waals surface area contributed by atoms with E-state index in [4.69, 9.17) is 0 Å². The van der Waals surface area contributed by atoms with E-state index < -0.39 is 0 Å². The number of amides is 2. The molecule has 2 aromatic heterocycles. The van der Waals surface area contributed by atoms with Crippen LogP contribution in [0, 0.1) is 0 Å². The fourth-order valence-corrected chi connectivity index (χ4v) is 3.50. The van der Waals surface area contributed by atoms with Gasteiger partial charge in [-0.05, 0) is 32.6 Å². The third kappa shape index (κ3) is 2.79. The second-order valence-corrected chi connectivity index (χ2v) is 6.74. The summed E-state index contributed by atoms with van der Waals surface area (Å²) in [6, 6.07) is 1.96. The van der Waals surface area contributed by atoms with Crippen LogP contribution >= 0.6 is 0 Å². The monoisotopic (exact) mass is 328 g/mol. The number of carbonyl (C=O) groups excluding carboxylic acids is 1. The second-order valence-electron chi connectivity index (χ2n) is 6.74. The SMILES string of the molecule is CCn1nc(NC(=O)N2CCCc3c(cnn3C)C2)cc1C1CC1. The number of aromatic nitrogens is 4. The summed E-state index contributed by atoms with van der Waals surface area (Å²) in [7, 11) is 1.96. The zero-order valence-electron chi connectivity index (χ0n) is 14.3. The summed E-state index contributed by atoms with van der Waals surface area (Å²) in [5.41, 5.74) is 3.62. The van der Waals surface area contributed by atoms with Crippen LogP contribution in [-0.2, 0) is 26.6 Å². The number of rotatable bonds is 3. The van der Waals surface area contributed by atoms with Crippen molar-refractivity contribution in [3.63, 3.8) is 0 Å². The molecule has 3 heterocycles. The molecule has 1 fully saturated rings. The fourth-order valence-electron chi connectivity index (χ4n) is 3.50. The molecule has 0 radical (unpaired) electrons. The minimum atomic E-state index is -0.0743. The van der Waals surface area contributed by atoms with Crippen molar-refractivity contribution >= 4 is 11.8 Å². The molecule has 0 saturated heterocycles. The Bertz CT molecular complexity index is 757. The Morgan fingerprint density at radius 3 is 3.00 bits per heavy atom. The summed E-state index contributed by atoms with van der Waals surface area (Å²) in [6.45, 7) is 4.29. The maximum absolute atomic E-state index is 12.7. The van der Waals surface area contributed by atoms with Crippen LogP contribution in [0.3, 0.4) is 0 Å². The molecule has 7 heteroatoms. The number of urea groups is 1. The van der Waals surface area contributed by atoms with E-state index in [0.29, 0.717) is 18.3 Å². The highest BCUT2D eigenvalue weighted by molar-refractivity contribution is 5.88. The number of hydrogen-bond acceptors (Lipinski definition) is 3. The first-order valence-electron chi connectivity index (χ1n) is 8.79. The lowest BCUT2D eigenvalue weighted by atomic mass is 10.2. The zero-order chi connectivity index (χ0) is 16.7. The standard InChI is InChI=1S/C17H24N6O/c1-3-23-15(12-6-7-12)9-16(20-23)19-17(24)22-8-4-5-14-13(11-22)10-18-21(14)2/h9-10,12H,3-8,11H2,1-2H3,(H,19,20,24). The molecule has 1 saturated carbocycles. The van der Waals surface area contributed by atoms with Gasteiger partial charge in [-0.1, -0.05) is 0 Å². The first kappa shape index (κ1) is 15.2. The molecule has 0 aromatic carbocycles.